The fourth-order valence-corrected chi connectivity index (χ4v) is 0.481. The summed E-state index contributed by atoms with van der Waals surface area (Å²) in [4.78, 5) is 2.59. The molecule has 0 aliphatic carbocycles. The van der Waals surface area contributed by atoms with Crippen LogP contribution < -0.4 is 0 Å². The van der Waals surface area contributed by atoms with Gasteiger partial charge >= 0.3 is 0 Å². The first-order chi connectivity index (χ1) is 5.43. The minimum Gasteiger partial charge on any atom is -0.282 e. The molecule has 0 spiro atoms. The summed E-state index contributed by atoms with van der Waals surface area (Å²) in [5.41, 5.74) is 8.72. The zero-order chi connectivity index (χ0) is 8.53. The van der Waals surface area contributed by atoms with Crippen molar-refractivity contribution in [3.8, 4) is 0 Å². The zero-order valence-electron chi connectivity index (χ0n) is 5.81. The summed E-state index contributed by atoms with van der Waals surface area (Å²) < 4.78 is 16.0. The molecule has 5 nitrogen and oxygen atoms in total. The van der Waals surface area contributed by atoms with Gasteiger partial charge in [0.2, 0.25) is 0 Å². The molecule has 0 aliphatic heterocycles. The normalized spacial score (nSPS) is 6.83. The van der Waals surface area contributed by atoms with Gasteiger partial charge in [-0.15, -0.1) is 0 Å². The first-order valence-corrected chi connectivity index (χ1v) is 2.57. The Balaban J connectivity index is 0. The highest BCUT2D eigenvalue weighted by Crippen LogP contribution is 1.92. The van der Waals surface area contributed by atoms with Crippen molar-refractivity contribution in [1.82, 2.24) is 10.2 Å². The smallest absolute Gasteiger partial charge is 0.0678 e. The van der Waals surface area contributed by atoms with Crippen molar-refractivity contribution < 1.29 is 13.9 Å². The van der Waals surface area contributed by atoms with Gasteiger partial charge in [-0.2, -0.15) is 5.10 Å². The van der Waals surface area contributed by atoms with Crippen LogP contribution in [0.4, 0.5) is 13.9 Å². The van der Waals surface area contributed by atoms with Crippen LogP contribution in [0.25, 0.3) is 10.4 Å². The highest BCUT2D eigenvalue weighted by Gasteiger charge is 1.86. The largest absolute Gasteiger partial charge is 0.282 e. The standard InChI is InChI=1S/C4H5N5.F2.FH/c5-9-7-3-4-1-2-6-8-4;1-2;/h1-2H,3H2,(H,6,8);;1H. The van der Waals surface area contributed by atoms with Crippen LogP contribution in [-0.2, 0) is 6.54 Å². The summed E-state index contributed by atoms with van der Waals surface area (Å²) in [6, 6.07) is 1.76. The molecule has 0 aromatic carbocycles. The Morgan fingerprint density at radius 1 is 1.67 bits per heavy atom. The van der Waals surface area contributed by atoms with Crippen molar-refractivity contribution in [2.45, 2.75) is 6.54 Å². The number of halogens is 3. The van der Waals surface area contributed by atoms with Crippen molar-refractivity contribution >= 4 is 0 Å². The fraction of sp³-hybridized carbons (Fsp3) is 0.250. The van der Waals surface area contributed by atoms with E-state index in [9.17, 15) is 0 Å². The SMILES string of the molecule is F.FF.[N-]=[N+]=NCc1ccn[nH]1. The Hall–Kier alpha value is -1.69. The monoisotopic (exact) mass is 181 g/mol. The molecule has 0 radical (unpaired) electrons. The first-order valence-electron chi connectivity index (χ1n) is 2.57. The van der Waals surface area contributed by atoms with Gasteiger partial charge in [0.15, 0.2) is 0 Å². The Morgan fingerprint density at radius 3 is 2.75 bits per heavy atom. The Labute approximate surface area is 65.3 Å². The number of nitrogens with zero attached hydrogens (tertiary/aromatic N) is 4. The van der Waals surface area contributed by atoms with Crippen LogP contribution in [0.3, 0.4) is 0 Å². The van der Waals surface area contributed by atoms with Crippen LogP contribution >= 0.6 is 0 Å². The number of aromatic amines is 1. The van der Waals surface area contributed by atoms with Crippen molar-refractivity contribution in [2.24, 2.45) is 5.11 Å². The van der Waals surface area contributed by atoms with Crippen LogP contribution in [0, 0.1) is 0 Å². The molecule has 0 aliphatic rings. The van der Waals surface area contributed by atoms with E-state index in [4.69, 9.17) is 14.7 Å². The number of rotatable bonds is 2. The molecule has 0 bridgehead atoms. The van der Waals surface area contributed by atoms with Gasteiger partial charge in [0, 0.05) is 26.0 Å². The van der Waals surface area contributed by atoms with Gasteiger partial charge in [-0.25, -0.2) is 0 Å². The minimum atomic E-state index is 0. The minimum absolute atomic E-state index is 0. The van der Waals surface area contributed by atoms with E-state index in [0.717, 1.165) is 5.69 Å². The fourth-order valence-electron chi connectivity index (χ4n) is 0.481. The number of H-pyrrole nitrogens is 1. The summed E-state index contributed by atoms with van der Waals surface area (Å²) in [6.45, 7) is 0.344. The Bertz CT molecular complexity index is 217. The lowest BCUT2D eigenvalue weighted by Gasteiger charge is -1.80. The number of hydrogen-bond donors (Lipinski definition) is 1. The zero-order valence-corrected chi connectivity index (χ0v) is 5.81. The van der Waals surface area contributed by atoms with Crippen LogP contribution in [0.5, 0.6) is 0 Å². The molecule has 0 saturated heterocycles. The average Bonchev–Trinajstić information content (AvgIpc) is 2.57. The summed E-state index contributed by atoms with van der Waals surface area (Å²) in [5, 5.41) is 9.65. The molecule has 0 atom stereocenters. The second kappa shape index (κ2) is 9.31. The second-order valence-corrected chi connectivity index (χ2v) is 1.47. The molecule has 1 rings (SSSR count). The third-order valence-electron chi connectivity index (χ3n) is 0.863. The van der Waals surface area contributed by atoms with Crippen molar-refractivity contribution in [1.29, 1.82) is 0 Å². The summed E-state index contributed by atoms with van der Waals surface area (Å²) >= 11 is 0. The van der Waals surface area contributed by atoms with E-state index in [1.54, 1.807) is 12.3 Å². The predicted octanol–water partition coefficient (Wildman–Crippen LogP) is 2.21. The lowest BCUT2D eigenvalue weighted by Crippen LogP contribution is -1.77. The van der Waals surface area contributed by atoms with Crippen LogP contribution in [-0.4, -0.2) is 10.2 Å². The summed E-state index contributed by atoms with van der Waals surface area (Å²) in [5.74, 6) is 0. The topological polar surface area (TPSA) is 77.4 Å². The summed E-state index contributed by atoms with van der Waals surface area (Å²) in [6.07, 6.45) is 1.61. The van der Waals surface area contributed by atoms with E-state index in [1.807, 2.05) is 0 Å². The molecule has 1 aromatic heterocycles. The van der Waals surface area contributed by atoms with Gasteiger partial charge in [-0.1, -0.05) is 5.11 Å². The number of hydrogen-bond acceptors (Lipinski definition) is 2. The van der Waals surface area contributed by atoms with Gasteiger partial charge in [-0.05, 0) is 11.6 Å². The molecule has 68 valence electrons. The molecule has 1 N–H and O–H groups in total. The Morgan fingerprint density at radius 2 is 2.33 bits per heavy atom. The lowest BCUT2D eigenvalue weighted by atomic mass is 10.4. The highest BCUT2D eigenvalue weighted by molar-refractivity contribution is 4.96. The van der Waals surface area contributed by atoms with E-state index in [1.165, 1.54) is 0 Å². The Kier molecular flexibility index (Phi) is 10.0. The average molecular weight is 181 g/mol. The van der Waals surface area contributed by atoms with Crippen LogP contribution in [0.1, 0.15) is 5.69 Å². The van der Waals surface area contributed by atoms with E-state index >= 15 is 0 Å². The molecule has 1 heterocycles. The number of azide groups is 1. The molecule has 0 unspecified atom stereocenters. The van der Waals surface area contributed by atoms with E-state index in [2.05, 4.69) is 20.2 Å². The molecule has 0 fully saturated rings. The third kappa shape index (κ3) is 5.12. The third-order valence-corrected chi connectivity index (χ3v) is 0.863. The molecule has 12 heavy (non-hydrogen) atoms. The highest BCUT2D eigenvalue weighted by atomic mass is 20.0. The van der Waals surface area contributed by atoms with Crippen molar-refractivity contribution in [3.63, 3.8) is 0 Å². The van der Waals surface area contributed by atoms with Gasteiger partial charge in [-0.3, -0.25) is 9.80 Å². The van der Waals surface area contributed by atoms with Crippen molar-refractivity contribution in [3.05, 3.63) is 28.4 Å². The predicted molar refractivity (Wildman–Crippen MR) is 36.2 cm³/mol. The molecular formula is C4H6F3N5. The number of aromatic nitrogens is 2. The van der Waals surface area contributed by atoms with Crippen LogP contribution in [0.2, 0.25) is 0 Å². The number of nitrogens with one attached hydrogen (secondary N) is 1. The molecular weight excluding hydrogens is 175 g/mol. The van der Waals surface area contributed by atoms with E-state index in [0.29, 0.717) is 6.54 Å². The van der Waals surface area contributed by atoms with E-state index < -0.39 is 0 Å². The van der Waals surface area contributed by atoms with Gasteiger partial charge < -0.3 is 0 Å². The molecule has 8 heteroatoms. The maximum absolute atomic E-state index is 8.00. The maximum atomic E-state index is 8.00. The summed E-state index contributed by atoms with van der Waals surface area (Å²) in [7, 11) is 0. The van der Waals surface area contributed by atoms with Crippen LogP contribution in [0.15, 0.2) is 17.4 Å². The lowest BCUT2D eigenvalue weighted by molar-refractivity contribution is 0.108. The quantitative estimate of drug-likeness (QED) is 0.423. The molecule has 1 aromatic rings. The van der Waals surface area contributed by atoms with Gasteiger partial charge in [0.1, 0.15) is 0 Å². The first kappa shape index (κ1) is 12.9. The van der Waals surface area contributed by atoms with Crippen molar-refractivity contribution in [2.75, 3.05) is 0 Å². The molecule has 0 amide bonds. The van der Waals surface area contributed by atoms with Gasteiger partial charge in [0.05, 0.1) is 6.54 Å². The maximum Gasteiger partial charge on any atom is 0.0678 e. The second-order valence-electron chi connectivity index (χ2n) is 1.47. The van der Waals surface area contributed by atoms with E-state index in [-0.39, 0.29) is 4.70 Å². The molecule has 0 saturated carbocycles. The van der Waals surface area contributed by atoms with Gasteiger partial charge in [0.25, 0.3) is 0 Å².